The predicted octanol–water partition coefficient (Wildman–Crippen LogP) is 1.19. The molecule has 2 amide bonds. The average Bonchev–Trinajstić information content (AvgIpc) is 2.79. The summed E-state index contributed by atoms with van der Waals surface area (Å²) >= 11 is 6.10. The van der Waals surface area contributed by atoms with E-state index < -0.39 is 23.8 Å². The first-order valence-corrected chi connectivity index (χ1v) is 6.83. The fraction of sp³-hybridized carbons (Fsp3) is 0.357. The number of nitrogens with two attached hydrogens (primary N) is 1. The number of carbonyl (C=O) groups excluding carboxylic acids is 2. The summed E-state index contributed by atoms with van der Waals surface area (Å²) in [6.07, 6.45) is -0.267. The van der Waals surface area contributed by atoms with Gasteiger partial charge in [0.1, 0.15) is 0 Å². The number of benzene rings is 1. The Balaban J connectivity index is 2.33. The van der Waals surface area contributed by atoms with Crippen molar-refractivity contribution in [2.24, 2.45) is 11.7 Å². The second-order valence-corrected chi connectivity index (χ2v) is 5.39. The van der Waals surface area contributed by atoms with E-state index in [-0.39, 0.29) is 25.3 Å². The van der Waals surface area contributed by atoms with Gasteiger partial charge in [-0.25, -0.2) is 0 Å². The summed E-state index contributed by atoms with van der Waals surface area (Å²) < 4.78 is 0. The third kappa shape index (κ3) is 3.33. The molecule has 1 fully saturated rings. The predicted molar refractivity (Wildman–Crippen MR) is 75.5 cm³/mol. The minimum Gasteiger partial charge on any atom is -0.481 e. The molecular formula is C14H15ClN2O4. The molecule has 1 heterocycles. The maximum atomic E-state index is 12.1. The highest BCUT2D eigenvalue weighted by Crippen LogP contribution is 2.34. The molecule has 1 aliphatic rings. The molecule has 1 saturated heterocycles. The third-order valence-electron chi connectivity index (χ3n) is 3.57. The Kier molecular flexibility index (Phi) is 4.47. The first-order chi connectivity index (χ1) is 9.90. The molecule has 0 aromatic heterocycles. The zero-order chi connectivity index (χ0) is 15.6. The Morgan fingerprint density at radius 3 is 2.62 bits per heavy atom. The van der Waals surface area contributed by atoms with E-state index in [2.05, 4.69) is 0 Å². The van der Waals surface area contributed by atoms with Gasteiger partial charge in [0.05, 0.1) is 18.4 Å². The molecule has 6 nitrogen and oxygen atoms in total. The van der Waals surface area contributed by atoms with Crippen LogP contribution in [0.4, 0.5) is 0 Å². The van der Waals surface area contributed by atoms with Crippen molar-refractivity contribution >= 4 is 29.4 Å². The van der Waals surface area contributed by atoms with Crippen molar-refractivity contribution in [3.8, 4) is 0 Å². The van der Waals surface area contributed by atoms with Crippen molar-refractivity contribution in [1.29, 1.82) is 0 Å². The summed E-state index contributed by atoms with van der Waals surface area (Å²) in [6, 6.07) is 6.07. The minimum absolute atomic E-state index is 0.00983. The van der Waals surface area contributed by atoms with Gasteiger partial charge in [-0.15, -0.1) is 0 Å². The molecule has 7 heteroatoms. The van der Waals surface area contributed by atoms with Gasteiger partial charge in [-0.2, -0.15) is 0 Å². The maximum Gasteiger partial charge on any atom is 0.305 e. The van der Waals surface area contributed by atoms with Crippen LogP contribution in [0.25, 0.3) is 0 Å². The number of primary amides is 1. The maximum absolute atomic E-state index is 12.1. The van der Waals surface area contributed by atoms with Crippen LogP contribution in [0.5, 0.6) is 0 Å². The van der Waals surface area contributed by atoms with Gasteiger partial charge in [0.15, 0.2) is 0 Å². The van der Waals surface area contributed by atoms with E-state index in [9.17, 15) is 14.4 Å². The Hall–Kier alpha value is -2.08. The normalized spacial score (nSPS) is 19.6. The second-order valence-electron chi connectivity index (χ2n) is 4.98. The molecule has 0 radical (unpaired) electrons. The van der Waals surface area contributed by atoms with Crippen LogP contribution in [0.15, 0.2) is 24.3 Å². The van der Waals surface area contributed by atoms with Gasteiger partial charge in [-0.05, 0) is 11.6 Å². The molecule has 0 bridgehead atoms. The summed E-state index contributed by atoms with van der Waals surface area (Å²) in [4.78, 5) is 35.8. The zero-order valence-corrected chi connectivity index (χ0v) is 11.9. The van der Waals surface area contributed by atoms with Crippen LogP contribution in [0.1, 0.15) is 24.4 Å². The van der Waals surface area contributed by atoms with E-state index in [1.54, 1.807) is 24.3 Å². The number of likely N-dealkylation sites (tertiary alicyclic amines) is 1. The van der Waals surface area contributed by atoms with Gasteiger partial charge in [-0.1, -0.05) is 29.8 Å². The second kappa shape index (κ2) is 6.13. The van der Waals surface area contributed by atoms with E-state index in [4.69, 9.17) is 22.4 Å². The highest BCUT2D eigenvalue weighted by atomic mass is 35.5. The van der Waals surface area contributed by atoms with Crippen molar-refractivity contribution in [2.75, 3.05) is 6.54 Å². The number of carboxylic acid groups (broad SMARTS) is 1. The quantitative estimate of drug-likeness (QED) is 0.853. The zero-order valence-electron chi connectivity index (χ0n) is 11.2. The summed E-state index contributed by atoms with van der Waals surface area (Å²) in [7, 11) is 0. The van der Waals surface area contributed by atoms with Gasteiger partial charge < -0.3 is 15.7 Å². The Morgan fingerprint density at radius 1 is 1.43 bits per heavy atom. The van der Waals surface area contributed by atoms with Crippen molar-refractivity contribution in [1.82, 2.24) is 4.90 Å². The van der Waals surface area contributed by atoms with E-state index in [1.807, 2.05) is 0 Å². The Morgan fingerprint density at radius 2 is 2.10 bits per heavy atom. The first kappa shape index (κ1) is 15.3. The standard InChI is InChI=1S/C14H15ClN2O4/c15-10-4-2-1-3-9(10)11(6-13(19)20)17-7-8(14(16)21)5-12(17)18/h1-4,8,11H,5-7H2,(H2,16,21)(H,19,20). The minimum atomic E-state index is -1.05. The lowest BCUT2D eigenvalue weighted by molar-refractivity contribution is -0.139. The summed E-state index contributed by atoms with van der Waals surface area (Å²) in [5.41, 5.74) is 5.79. The molecule has 21 heavy (non-hydrogen) atoms. The number of amides is 2. The largest absolute Gasteiger partial charge is 0.481 e. The smallest absolute Gasteiger partial charge is 0.305 e. The molecule has 0 aliphatic carbocycles. The van der Waals surface area contributed by atoms with E-state index >= 15 is 0 Å². The van der Waals surface area contributed by atoms with Crippen molar-refractivity contribution in [2.45, 2.75) is 18.9 Å². The molecule has 112 valence electrons. The Labute approximate surface area is 126 Å². The lowest BCUT2D eigenvalue weighted by Crippen LogP contribution is -2.33. The molecule has 0 spiro atoms. The number of nitrogens with zero attached hydrogens (tertiary/aromatic N) is 1. The van der Waals surface area contributed by atoms with Gasteiger partial charge in [0, 0.05) is 18.0 Å². The van der Waals surface area contributed by atoms with Crippen LogP contribution in [-0.4, -0.2) is 34.3 Å². The number of carbonyl (C=O) groups is 3. The monoisotopic (exact) mass is 310 g/mol. The molecule has 0 saturated carbocycles. The molecule has 2 unspecified atom stereocenters. The number of halogens is 1. The summed E-state index contributed by atoms with van der Waals surface area (Å²) in [5.74, 6) is -2.48. The lowest BCUT2D eigenvalue weighted by atomic mass is 10.0. The van der Waals surface area contributed by atoms with Crippen LogP contribution >= 0.6 is 11.6 Å². The van der Waals surface area contributed by atoms with E-state index in [1.165, 1.54) is 4.90 Å². The molecule has 2 atom stereocenters. The van der Waals surface area contributed by atoms with Crippen molar-refractivity contribution in [3.05, 3.63) is 34.9 Å². The number of aliphatic carboxylic acids is 1. The van der Waals surface area contributed by atoms with E-state index in [0.717, 1.165) is 0 Å². The SMILES string of the molecule is NC(=O)C1CC(=O)N(C(CC(=O)O)c2ccccc2Cl)C1. The van der Waals surface area contributed by atoms with Crippen molar-refractivity contribution < 1.29 is 19.5 Å². The topological polar surface area (TPSA) is 101 Å². The summed E-state index contributed by atoms with van der Waals surface area (Å²) in [5, 5.41) is 9.47. The Bertz CT molecular complexity index is 590. The van der Waals surface area contributed by atoms with Gasteiger partial charge in [0.2, 0.25) is 11.8 Å². The average molecular weight is 311 g/mol. The third-order valence-corrected chi connectivity index (χ3v) is 3.91. The highest BCUT2D eigenvalue weighted by molar-refractivity contribution is 6.31. The summed E-state index contributed by atoms with van der Waals surface area (Å²) in [6.45, 7) is 0.122. The van der Waals surface area contributed by atoms with Crippen LogP contribution in [0.3, 0.4) is 0 Å². The number of hydrogen-bond donors (Lipinski definition) is 2. The number of hydrogen-bond acceptors (Lipinski definition) is 3. The van der Waals surface area contributed by atoms with Crippen LogP contribution < -0.4 is 5.73 Å². The number of rotatable bonds is 5. The molecule has 3 N–H and O–H groups in total. The molecular weight excluding hydrogens is 296 g/mol. The van der Waals surface area contributed by atoms with Gasteiger partial charge in [-0.3, -0.25) is 14.4 Å². The van der Waals surface area contributed by atoms with E-state index in [0.29, 0.717) is 10.6 Å². The van der Waals surface area contributed by atoms with Crippen molar-refractivity contribution in [3.63, 3.8) is 0 Å². The van der Waals surface area contributed by atoms with Crippen LogP contribution in [0.2, 0.25) is 5.02 Å². The van der Waals surface area contributed by atoms with Gasteiger partial charge >= 0.3 is 5.97 Å². The molecule has 1 aromatic carbocycles. The number of carboxylic acids is 1. The fourth-order valence-corrected chi connectivity index (χ4v) is 2.78. The highest BCUT2D eigenvalue weighted by Gasteiger charge is 2.38. The molecule has 1 aliphatic heterocycles. The lowest BCUT2D eigenvalue weighted by Gasteiger charge is -2.28. The fourth-order valence-electron chi connectivity index (χ4n) is 2.52. The van der Waals surface area contributed by atoms with Gasteiger partial charge in [0.25, 0.3) is 0 Å². The van der Waals surface area contributed by atoms with Crippen LogP contribution in [-0.2, 0) is 14.4 Å². The molecule has 2 rings (SSSR count). The van der Waals surface area contributed by atoms with Crippen LogP contribution in [0, 0.1) is 5.92 Å². The first-order valence-electron chi connectivity index (χ1n) is 6.45. The molecule has 1 aromatic rings.